The van der Waals surface area contributed by atoms with Crippen LogP contribution in [0.5, 0.6) is 0 Å². The number of hydrogen-bond donors (Lipinski definition) is 2. The average molecular weight is 456 g/mol. The zero-order chi connectivity index (χ0) is 24.1. The molecule has 0 saturated carbocycles. The number of carbonyl (C=O) groups is 2. The molecule has 1 aliphatic rings. The van der Waals surface area contributed by atoms with Crippen molar-refractivity contribution in [2.24, 2.45) is 5.73 Å². The van der Waals surface area contributed by atoms with Gasteiger partial charge in [-0.2, -0.15) is 0 Å². The highest BCUT2D eigenvalue weighted by Crippen LogP contribution is 2.30. The summed E-state index contributed by atoms with van der Waals surface area (Å²) in [6.07, 6.45) is 1.44. The van der Waals surface area contributed by atoms with E-state index in [-0.39, 0.29) is 17.7 Å². The van der Waals surface area contributed by atoms with Crippen molar-refractivity contribution in [1.29, 1.82) is 0 Å². The summed E-state index contributed by atoms with van der Waals surface area (Å²) in [5.74, 6) is -0.578. The molecule has 1 unspecified atom stereocenters. The Hall–Kier alpha value is -3.44. The summed E-state index contributed by atoms with van der Waals surface area (Å²) in [7, 11) is 0. The lowest BCUT2D eigenvalue weighted by Crippen LogP contribution is -2.52. The molecule has 0 bridgehead atoms. The van der Waals surface area contributed by atoms with E-state index in [0.717, 1.165) is 23.1 Å². The molecule has 1 heterocycles. The Kier molecular flexibility index (Phi) is 7.43. The standard InChI is InChI=1S/C29H33N3O2/c1-20-11-9-16-24(21(20)2)19-31-28(33)25-17-10-18-32(25)29(34)27(30)26(22-12-5-3-6-13-22)23-14-7-4-8-15-23/h3-9,11-16,25-27H,10,17-19,30H2,1-2H3,(H,31,33)/t25-,27?/m0/s1. The molecule has 3 N–H and O–H groups in total. The van der Waals surface area contributed by atoms with Crippen LogP contribution >= 0.6 is 0 Å². The van der Waals surface area contributed by atoms with Gasteiger partial charge in [-0.1, -0.05) is 78.9 Å². The number of rotatable bonds is 7. The van der Waals surface area contributed by atoms with Crippen LogP contribution in [0, 0.1) is 13.8 Å². The molecule has 0 aliphatic carbocycles. The number of hydrogen-bond acceptors (Lipinski definition) is 3. The maximum atomic E-state index is 13.6. The Labute approximate surface area is 202 Å². The fourth-order valence-electron chi connectivity index (χ4n) is 4.87. The van der Waals surface area contributed by atoms with E-state index in [9.17, 15) is 9.59 Å². The van der Waals surface area contributed by atoms with Crippen LogP contribution < -0.4 is 11.1 Å². The van der Waals surface area contributed by atoms with E-state index in [1.807, 2.05) is 72.8 Å². The minimum absolute atomic E-state index is 0.116. The molecule has 34 heavy (non-hydrogen) atoms. The van der Waals surface area contributed by atoms with Crippen LogP contribution in [-0.2, 0) is 16.1 Å². The number of nitrogens with one attached hydrogen (secondary N) is 1. The van der Waals surface area contributed by atoms with Crippen molar-refractivity contribution in [1.82, 2.24) is 10.2 Å². The Morgan fingerprint density at radius 3 is 2.18 bits per heavy atom. The topological polar surface area (TPSA) is 75.4 Å². The predicted molar refractivity (Wildman–Crippen MR) is 135 cm³/mol. The molecule has 4 rings (SSSR count). The Bertz CT molecular complexity index is 1090. The van der Waals surface area contributed by atoms with Gasteiger partial charge >= 0.3 is 0 Å². The summed E-state index contributed by atoms with van der Waals surface area (Å²) in [6, 6.07) is 24.6. The third kappa shape index (κ3) is 5.05. The SMILES string of the molecule is Cc1cccc(CNC(=O)[C@@H]2CCCN2C(=O)C(N)C(c2ccccc2)c2ccccc2)c1C. The summed E-state index contributed by atoms with van der Waals surface area (Å²) in [5.41, 5.74) is 12.1. The monoisotopic (exact) mass is 455 g/mol. The van der Waals surface area contributed by atoms with Crippen molar-refractivity contribution >= 4 is 11.8 Å². The van der Waals surface area contributed by atoms with Gasteiger partial charge in [0.25, 0.3) is 0 Å². The molecule has 0 radical (unpaired) electrons. The van der Waals surface area contributed by atoms with Crippen LogP contribution in [0.25, 0.3) is 0 Å². The molecule has 3 aromatic rings. The second kappa shape index (κ2) is 10.7. The molecular weight excluding hydrogens is 422 g/mol. The largest absolute Gasteiger partial charge is 0.350 e. The number of likely N-dealkylation sites (tertiary alicyclic amines) is 1. The second-order valence-corrected chi connectivity index (χ2v) is 9.09. The van der Waals surface area contributed by atoms with Crippen molar-refractivity contribution in [3.63, 3.8) is 0 Å². The number of nitrogens with two attached hydrogens (primary N) is 1. The van der Waals surface area contributed by atoms with Gasteiger partial charge in [-0.25, -0.2) is 0 Å². The maximum absolute atomic E-state index is 13.6. The molecule has 0 aromatic heterocycles. The minimum Gasteiger partial charge on any atom is -0.350 e. The van der Waals surface area contributed by atoms with Gasteiger partial charge in [-0.05, 0) is 54.5 Å². The molecule has 2 amide bonds. The minimum atomic E-state index is -0.780. The molecule has 2 atom stereocenters. The van der Waals surface area contributed by atoms with Crippen LogP contribution in [0.2, 0.25) is 0 Å². The Morgan fingerprint density at radius 1 is 0.941 bits per heavy atom. The highest BCUT2D eigenvalue weighted by Gasteiger charge is 2.39. The lowest BCUT2D eigenvalue weighted by atomic mass is 9.84. The predicted octanol–water partition coefficient (Wildman–Crippen LogP) is 4.07. The fourth-order valence-corrected chi connectivity index (χ4v) is 4.87. The smallest absolute Gasteiger partial charge is 0.243 e. The lowest BCUT2D eigenvalue weighted by molar-refractivity contribution is -0.139. The van der Waals surface area contributed by atoms with Gasteiger partial charge in [0.05, 0.1) is 6.04 Å². The van der Waals surface area contributed by atoms with Gasteiger partial charge in [-0.3, -0.25) is 9.59 Å². The number of nitrogens with zero attached hydrogens (tertiary/aromatic N) is 1. The van der Waals surface area contributed by atoms with Gasteiger partial charge < -0.3 is 16.0 Å². The summed E-state index contributed by atoms with van der Waals surface area (Å²) in [6.45, 7) is 5.13. The summed E-state index contributed by atoms with van der Waals surface area (Å²) < 4.78 is 0. The van der Waals surface area contributed by atoms with Gasteiger partial charge in [-0.15, -0.1) is 0 Å². The summed E-state index contributed by atoms with van der Waals surface area (Å²) >= 11 is 0. The van der Waals surface area contributed by atoms with Crippen molar-refractivity contribution in [3.8, 4) is 0 Å². The first kappa shape index (κ1) is 23.7. The molecule has 3 aromatic carbocycles. The summed E-state index contributed by atoms with van der Waals surface area (Å²) in [4.78, 5) is 28.4. The highest BCUT2D eigenvalue weighted by atomic mass is 16.2. The van der Waals surface area contributed by atoms with Gasteiger partial charge in [0, 0.05) is 19.0 Å². The van der Waals surface area contributed by atoms with Crippen LogP contribution in [0.1, 0.15) is 46.6 Å². The van der Waals surface area contributed by atoms with E-state index in [2.05, 4.69) is 25.2 Å². The number of carbonyl (C=O) groups excluding carboxylic acids is 2. The first-order chi connectivity index (χ1) is 16.5. The van der Waals surface area contributed by atoms with E-state index < -0.39 is 12.1 Å². The molecule has 1 saturated heterocycles. The zero-order valence-corrected chi connectivity index (χ0v) is 19.9. The number of benzene rings is 3. The van der Waals surface area contributed by atoms with Crippen molar-refractivity contribution in [2.75, 3.05) is 6.54 Å². The normalized spacial score (nSPS) is 16.5. The van der Waals surface area contributed by atoms with E-state index in [1.54, 1.807) is 4.90 Å². The molecule has 1 fully saturated rings. The molecule has 0 spiro atoms. The number of aryl methyl sites for hydroxylation is 1. The average Bonchev–Trinajstić information content (AvgIpc) is 3.36. The highest BCUT2D eigenvalue weighted by molar-refractivity contribution is 5.91. The van der Waals surface area contributed by atoms with Crippen LogP contribution in [0.4, 0.5) is 0 Å². The molecule has 176 valence electrons. The van der Waals surface area contributed by atoms with E-state index in [1.165, 1.54) is 11.1 Å². The van der Waals surface area contributed by atoms with Gasteiger partial charge in [0.1, 0.15) is 6.04 Å². The Morgan fingerprint density at radius 2 is 1.56 bits per heavy atom. The van der Waals surface area contributed by atoms with E-state index >= 15 is 0 Å². The zero-order valence-electron chi connectivity index (χ0n) is 19.9. The molecule has 5 heteroatoms. The first-order valence-corrected chi connectivity index (χ1v) is 12.0. The fraction of sp³-hybridized carbons (Fsp3) is 0.310. The molecule has 5 nitrogen and oxygen atoms in total. The Balaban J connectivity index is 1.51. The van der Waals surface area contributed by atoms with Crippen molar-refractivity contribution < 1.29 is 9.59 Å². The maximum Gasteiger partial charge on any atom is 0.243 e. The van der Waals surface area contributed by atoms with Crippen LogP contribution in [0.3, 0.4) is 0 Å². The summed E-state index contributed by atoms with van der Waals surface area (Å²) in [5, 5.41) is 3.05. The first-order valence-electron chi connectivity index (χ1n) is 12.0. The van der Waals surface area contributed by atoms with Gasteiger partial charge in [0.15, 0.2) is 0 Å². The van der Waals surface area contributed by atoms with Gasteiger partial charge in [0.2, 0.25) is 11.8 Å². The van der Waals surface area contributed by atoms with E-state index in [0.29, 0.717) is 19.5 Å². The third-order valence-electron chi connectivity index (χ3n) is 6.97. The quantitative estimate of drug-likeness (QED) is 0.564. The molecular formula is C29H33N3O2. The lowest BCUT2D eigenvalue weighted by Gasteiger charge is -2.31. The third-order valence-corrected chi connectivity index (χ3v) is 6.97. The van der Waals surface area contributed by atoms with E-state index in [4.69, 9.17) is 5.73 Å². The van der Waals surface area contributed by atoms with Crippen molar-refractivity contribution in [2.45, 2.75) is 51.2 Å². The molecule has 1 aliphatic heterocycles. The number of amides is 2. The van der Waals surface area contributed by atoms with Crippen LogP contribution in [0.15, 0.2) is 78.9 Å². The second-order valence-electron chi connectivity index (χ2n) is 9.09. The van der Waals surface area contributed by atoms with Crippen molar-refractivity contribution in [3.05, 3.63) is 107 Å². The van der Waals surface area contributed by atoms with Crippen LogP contribution in [-0.4, -0.2) is 35.3 Å².